The quantitative estimate of drug-likeness (QED) is 0.529. The second-order valence-corrected chi connectivity index (χ2v) is 5.67. The lowest BCUT2D eigenvalue weighted by Gasteiger charge is -2.06. The molecule has 0 nitrogen and oxygen atoms in total. The first-order valence-electron chi connectivity index (χ1n) is 4.41. The molecular formula is C12H18S. The molecule has 0 spiro atoms. The third-order valence-corrected chi connectivity index (χ3v) is 1.36. The smallest absolute Gasteiger partial charge is 0.0239 e. The first kappa shape index (κ1) is 12.5. The summed E-state index contributed by atoms with van der Waals surface area (Å²) >= 11 is 1.38. The molecule has 0 amide bonds. The third kappa shape index (κ3) is 11.5. The molecule has 0 heterocycles. The van der Waals surface area contributed by atoms with Crippen LogP contribution in [0.4, 0.5) is 0 Å². The molecular weight excluding hydrogens is 176 g/mol. The van der Waals surface area contributed by atoms with Crippen LogP contribution in [0.3, 0.4) is 0 Å². The zero-order valence-corrected chi connectivity index (χ0v) is 10.2. The SMILES string of the molecule is CC(C)(C)C#CSC#CC(C)(C)C. The Morgan fingerprint density at radius 1 is 0.692 bits per heavy atom. The van der Waals surface area contributed by atoms with E-state index in [1.807, 2.05) is 0 Å². The average molecular weight is 194 g/mol. The summed E-state index contributed by atoms with van der Waals surface area (Å²) in [5.41, 5.74) is 0.160. The Morgan fingerprint density at radius 2 is 1.00 bits per heavy atom. The molecule has 0 saturated carbocycles. The van der Waals surface area contributed by atoms with Crippen LogP contribution in [0.15, 0.2) is 0 Å². The maximum atomic E-state index is 3.12. The van der Waals surface area contributed by atoms with Crippen LogP contribution in [0.1, 0.15) is 41.5 Å². The van der Waals surface area contributed by atoms with Crippen molar-refractivity contribution in [1.29, 1.82) is 0 Å². The second-order valence-electron chi connectivity index (χ2n) is 5.06. The van der Waals surface area contributed by atoms with Gasteiger partial charge in [-0.3, -0.25) is 0 Å². The summed E-state index contributed by atoms with van der Waals surface area (Å²) in [7, 11) is 0. The maximum absolute atomic E-state index is 3.12. The van der Waals surface area contributed by atoms with Gasteiger partial charge in [0, 0.05) is 22.6 Å². The summed E-state index contributed by atoms with van der Waals surface area (Å²) in [5, 5.41) is 5.98. The van der Waals surface area contributed by atoms with Crippen LogP contribution in [0.5, 0.6) is 0 Å². The fourth-order valence-corrected chi connectivity index (χ4v) is 1.15. The van der Waals surface area contributed by atoms with Gasteiger partial charge in [0.25, 0.3) is 0 Å². The summed E-state index contributed by atoms with van der Waals surface area (Å²) in [6.07, 6.45) is 0. The van der Waals surface area contributed by atoms with Gasteiger partial charge in [-0.1, -0.05) is 11.8 Å². The highest BCUT2D eigenvalue weighted by molar-refractivity contribution is 8.08. The normalized spacial score (nSPS) is 10.9. The molecule has 0 N–H and O–H groups in total. The predicted molar refractivity (Wildman–Crippen MR) is 62.1 cm³/mol. The summed E-state index contributed by atoms with van der Waals surface area (Å²) in [6, 6.07) is 0. The van der Waals surface area contributed by atoms with E-state index in [0.717, 1.165) is 0 Å². The van der Waals surface area contributed by atoms with Crippen LogP contribution in [0, 0.1) is 33.2 Å². The Balaban J connectivity index is 4.03. The Hall–Kier alpha value is -0.530. The van der Waals surface area contributed by atoms with Crippen LogP contribution in [-0.2, 0) is 0 Å². The first-order chi connectivity index (χ1) is 5.71. The molecule has 0 aromatic rings. The van der Waals surface area contributed by atoms with Crippen molar-refractivity contribution in [3.05, 3.63) is 0 Å². The van der Waals surface area contributed by atoms with E-state index >= 15 is 0 Å². The molecule has 0 aliphatic carbocycles. The van der Waals surface area contributed by atoms with Gasteiger partial charge >= 0.3 is 0 Å². The van der Waals surface area contributed by atoms with Crippen molar-refractivity contribution < 1.29 is 0 Å². The van der Waals surface area contributed by atoms with Gasteiger partial charge in [0.2, 0.25) is 0 Å². The van der Waals surface area contributed by atoms with E-state index in [-0.39, 0.29) is 10.8 Å². The fraction of sp³-hybridized carbons (Fsp3) is 0.667. The van der Waals surface area contributed by atoms with Crippen molar-refractivity contribution >= 4 is 11.8 Å². The minimum Gasteiger partial charge on any atom is -0.0844 e. The molecule has 0 aliphatic rings. The summed E-state index contributed by atoms with van der Waals surface area (Å²) < 4.78 is 0. The van der Waals surface area contributed by atoms with Gasteiger partial charge in [-0.25, -0.2) is 0 Å². The molecule has 0 fully saturated rings. The maximum Gasteiger partial charge on any atom is 0.0239 e. The highest BCUT2D eigenvalue weighted by Crippen LogP contribution is 2.13. The highest BCUT2D eigenvalue weighted by atomic mass is 32.2. The van der Waals surface area contributed by atoms with Crippen molar-refractivity contribution in [2.75, 3.05) is 0 Å². The van der Waals surface area contributed by atoms with Gasteiger partial charge < -0.3 is 0 Å². The fourth-order valence-electron chi connectivity index (χ4n) is 0.383. The van der Waals surface area contributed by atoms with Gasteiger partial charge in [-0.05, 0) is 52.0 Å². The zero-order chi connectivity index (χ0) is 10.5. The second kappa shape index (κ2) is 4.64. The van der Waals surface area contributed by atoms with Crippen LogP contribution < -0.4 is 0 Å². The molecule has 13 heavy (non-hydrogen) atoms. The molecule has 1 heteroatoms. The van der Waals surface area contributed by atoms with Crippen molar-refractivity contribution in [3.63, 3.8) is 0 Å². The summed E-state index contributed by atoms with van der Waals surface area (Å²) in [6.45, 7) is 12.6. The van der Waals surface area contributed by atoms with Crippen LogP contribution in [0.2, 0.25) is 0 Å². The molecule has 0 bridgehead atoms. The van der Waals surface area contributed by atoms with Crippen molar-refractivity contribution in [2.45, 2.75) is 41.5 Å². The van der Waals surface area contributed by atoms with E-state index in [1.54, 1.807) is 0 Å². The number of hydrogen-bond donors (Lipinski definition) is 0. The first-order valence-corrected chi connectivity index (χ1v) is 5.22. The number of thioether (sulfide) groups is 1. The standard InChI is InChI=1S/C12H18S/c1-11(2,3)7-9-13-10-8-12(4,5)6/h1-6H3. The third-order valence-electron chi connectivity index (χ3n) is 0.954. The van der Waals surface area contributed by atoms with E-state index in [0.29, 0.717) is 0 Å². The summed E-state index contributed by atoms with van der Waals surface area (Å²) in [5.74, 6) is 6.24. The zero-order valence-electron chi connectivity index (χ0n) is 9.41. The van der Waals surface area contributed by atoms with Gasteiger partial charge in [0.15, 0.2) is 0 Å². The lowest BCUT2D eigenvalue weighted by molar-refractivity contribution is 0.571. The van der Waals surface area contributed by atoms with Gasteiger partial charge in [0.05, 0.1) is 0 Å². The van der Waals surface area contributed by atoms with E-state index in [9.17, 15) is 0 Å². The van der Waals surface area contributed by atoms with E-state index in [2.05, 4.69) is 63.9 Å². The Kier molecular flexibility index (Phi) is 4.45. The average Bonchev–Trinajstić information content (AvgIpc) is 1.81. The molecule has 0 saturated heterocycles. The Morgan fingerprint density at radius 3 is 1.23 bits per heavy atom. The van der Waals surface area contributed by atoms with E-state index in [4.69, 9.17) is 0 Å². The number of rotatable bonds is 0. The van der Waals surface area contributed by atoms with Gasteiger partial charge in [0.1, 0.15) is 0 Å². The van der Waals surface area contributed by atoms with Crippen LogP contribution in [-0.4, -0.2) is 0 Å². The molecule has 0 rings (SSSR count). The molecule has 0 unspecified atom stereocenters. The molecule has 0 aromatic heterocycles. The molecule has 0 aromatic carbocycles. The van der Waals surface area contributed by atoms with Crippen LogP contribution in [0.25, 0.3) is 0 Å². The molecule has 72 valence electrons. The largest absolute Gasteiger partial charge is 0.0844 e. The van der Waals surface area contributed by atoms with Crippen molar-refractivity contribution in [2.24, 2.45) is 10.8 Å². The van der Waals surface area contributed by atoms with Gasteiger partial charge in [-0.15, -0.1) is 0 Å². The molecule has 0 radical (unpaired) electrons. The van der Waals surface area contributed by atoms with Crippen molar-refractivity contribution in [3.8, 4) is 22.3 Å². The minimum atomic E-state index is 0.0798. The van der Waals surface area contributed by atoms with Crippen LogP contribution >= 0.6 is 11.8 Å². The highest BCUT2D eigenvalue weighted by Gasteiger charge is 2.03. The van der Waals surface area contributed by atoms with E-state index < -0.39 is 0 Å². The topological polar surface area (TPSA) is 0 Å². The Labute approximate surface area is 86.9 Å². The molecule has 0 atom stereocenters. The van der Waals surface area contributed by atoms with E-state index in [1.165, 1.54) is 11.8 Å². The summed E-state index contributed by atoms with van der Waals surface area (Å²) in [4.78, 5) is 0. The minimum absolute atomic E-state index is 0.0798. The predicted octanol–water partition coefficient (Wildman–Crippen LogP) is 3.73. The lowest BCUT2D eigenvalue weighted by atomic mass is 9.99. The number of hydrogen-bond acceptors (Lipinski definition) is 1. The molecule has 0 aliphatic heterocycles. The lowest BCUT2D eigenvalue weighted by Crippen LogP contribution is -1.99. The Bertz CT molecular complexity index is 235. The monoisotopic (exact) mass is 194 g/mol. The van der Waals surface area contributed by atoms with Crippen molar-refractivity contribution in [1.82, 2.24) is 0 Å². The van der Waals surface area contributed by atoms with Gasteiger partial charge in [-0.2, -0.15) is 0 Å².